The van der Waals surface area contributed by atoms with Crippen LogP contribution in [0, 0.1) is 5.92 Å². The van der Waals surface area contributed by atoms with E-state index >= 15 is 0 Å². The largest absolute Gasteiger partial charge is 0.497 e. The van der Waals surface area contributed by atoms with Crippen molar-refractivity contribution in [3.63, 3.8) is 0 Å². The van der Waals surface area contributed by atoms with Gasteiger partial charge >= 0.3 is 5.97 Å². The van der Waals surface area contributed by atoms with Crippen molar-refractivity contribution in [2.24, 2.45) is 5.92 Å². The number of hydrogen-bond donors (Lipinski definition) is 2. The van der Waals surface area contributed by atoms with E-state index in [9.17, 15) is 18.7 Å². The van der Waals surface area contributed by atoms with Crippen molar-refractivity contribution in [2.75, 3.05) is 13.7 Å². The van der Waals surface area contributed by atoms with E-state index < -0.39 is 30.0 Å². The van der Waals surface area contributed by atoms with Crippen molar-refractivity contribution in [2.45, 2.75) is 43.4 Å². The van der Waals surface area contributed by atoms with Crippen molar-refractivity contribution in [1.82, 2.24) is 5.32 Å². The Hall–Kier alpha value is -1.73. The smallest absolute Gasteiger partial charge is 0.306 e. The third-order valence-corrected chi connectivity index (χ3v) is 4.62. The van der Waals surface area contributed by atoms with Gasteiger partial charge in [0.05, 0.1) is 19.6 Å². The summed E-state index contributed by atoms with van der Waals surface area (Å²) in [4.78, 5) is 11.9. The van der Waals surface area contributed by atoms with Crippen LogP contribution < -0.4 is 10.1 Å². The average molecular weight is 341 g/mol. The number of rotatable bonds is 6. The Morgan fingerprint density at radius 2 is 2.04 bits per heavy atom. The lowest BCUT2D eigenvalue weighted by atomic mass is 10.0. The maximum Gasteiger partial charge on any atom is 0.306 e. The molecule has 0 bridgehead atoms. The second-order valence-electron chi connectivity index (χ2n) is 6.45. The molecule has 1 saturated heterocycles. The summed E-state index contributed by atoms with van der Waals surface area (Å²) >= 11 is 0. The second-order valence-corrected chi connectivity index (χ2v) is 6.45. The van der Waals surface area contributed by atoms with Crippen LogP contribution in [0.1, 0.15) is 18.4 Å². The highest BCUT2D eigenvalue weighted by Crippen LogP contribution is 2.50. The van der Waals surface area contributed by atoms with Crippen molar-refractivity contribution in [1.29, 1.82) is 0 Å². The molecule has 3 rings (SSSR count). The molecule has 0 amide bonds. The Balaban J connectivity index is 1.57. The number of β-amino-alcohol motifs (C(OH)–C–C–N with tert-alkyl or cyclic N) is 1. The summed E-state index contributed by atoms with van der Waals surface area (Å²) in [6.07, 6.45) is -1.57. The molecule has 0 radical (unpaired) electrons. The molecule has 132 valence electrons. The van der Waals surface area contributed by atoms with Crippen LogP contribution in [0.2, 0.25) is 0 Å². The fraction of sp³-hybridized carbons (Fsp3) is 0.588. The molecule has 0 spiro atoms. The zero-order chi connectivity index (χ0) is 17.3. The van der Waals surface area contributed by atoms with Crippen LogP contribution in [-0.4, -0.2) is 48.9 Å². The predicted octanol–water partition coefficient (Wildman–Crippen LogP) is 1.53. The minimum Gasteiger partial charge on any atom is -0.497 e. The monoisotopic (exact) mass is 341 g/mol. The van der Waals surface area contributed by atoms with Crippen LogP contribution in [0.3, 0.4) is 0 Å². The zero-order valence-corrected chi connectivity index (χ0v) is 13.4. The average Bonchev–Trinajstić information content (AvgIpc) is 3.00. The highest BCUT2D eigenvalue weighted by atomic mass is 19.3. The molecule has 2 aliphatic rings. The lowest BCUT2D eigenvalue weighted by Crippen LogP contribution is -2.39. The highest BCUT2D eigenvalue weighted by molar-refractivity contribution is 5.70. The Bertz CT molecular complexity index is 593. The van der Waals surface area contributed by atoms with Gasteiger partial charge in [-0.1, -0.05) is 12.1 Å². The van der Waals surface area contributed by atoms with E-state index in [-0.39, 0.29) is 18.9 Å². The van der Waals surface area contributed by atoms with Crippen LogP contribution in [0.25, 0.3) is 0 Å². The number of benzene rings is 1. The van der Waals surface area contributed by atoms with E-state index in [2.05, 4.69) is 5.32 Å². The fourth-order valence-corrected chi connectivity index (χ4v) is 3.03. The minimum atomic E-state index is -2.74. The van der Waals surface area contributed by atoms with Gasteiger partial charge in [0.15, 0.2) is 0 Å². The number of carbonyl (C=O) groups is 1. The topological polar surface area (TPSA) is 67.8 Å². The molecule has 2 fully saturated rings. The number of ether oxygens (including phenoxy) is 2. The van der Waals surface area contributed by atoms with Gasteiger partial charge < -0.3 is 19.9 Å². The lowest BCUT2D eigenvalue weighted by molar-refractivity contribution is -0.155. The van der Waals surface area contributed by atoms with Gasteiger partial charge in [-0.25, -0.2) is 8.78 Å². The first kappa shape index (κ1) is 17.1. The highest BCUT2D eigenvalue weighted by Gasteiger charge is 2.57. The summed E-state index contributed by atoms with van der Waals surface area (Å²) < 4.78 is 36.2. The molecule has 1 aliphatic carbocycles. The Morgan fingerprint density at radius 1 is 1.38 bits per heavy atom. The minimum absolute atomic E-state index is 0.253. The van der Waals surface area contributed by atoms with Gasteiger partial charge in [-0.05, 0) is 24.1 Å². The molecule has 7 heteroatoms. The number of hydrogen-bond acceptors (Lipinski definition) is 5. The number of nitrogens with one attached hydrogen (secondary N) is 1. The lowest BCUT2D eigenvalue weighted by Gasteiger charge is -2.22. The molecule has 1 aliphatic heterocycles. The van der Waals surface area contributed by atoms with Gasteiger partial charge in [0.1, 0.15) is 18.0 Å². The Morgan fingerprint density at radius 3 is 2.62 bits per heavy atom. The van der Waals surface area contributed by atoms with Crippen molar-refractivity contribution >= 4 is 5.97 Å². The number of methoxy groups -OCH3 is 1. The number of esters is 1. The van der Waals surface area contributed by atoms with Crippen LogP contribution in [0.4, 0.5) is 8.78 Å². The molecule has 24 heavy (non-hydrogen) atoms. The van der Waals surface area contributed by atoms with Gasteiger partial charge in [0, 0.05) is 18.9 Å². The molecule has 1 aromatic carbocycles. The van der Waals surface area contributed by atoms with Gasteiger partial charge in [-0.2, -0.15) is 0 Å². The van der Waals surface area contributed by atoms with E-state index in [1.54, 1.807) is 7.11 Å². The molecule has 4 atom stereocenters. The first-order valence-electron chi connectivity index (χ1n) is 8.01. The Kier molecular flexibility index (Phi) is 4.73. The van der Waals surface area contributed by atoms with Gasteiger partial charge in [0.25, 0.3) is 5.92 Å². The van der Waals surface area contributed by atoms with E-state index in [1.807, 2.05) is 24.3 Å². The predicted molar refractivity (Wildman–Crippen MR) is 82.0 cm³/mol. The SMILES string of the molecule is COc1ccc(CC2NCC(O)C2OC(=O)CC2CC2(F)F)cc1. The first-order valence-corrected chi connectivity index (χ1v) is 8.01. The summed E-state index contributed by atoms with van der Waals surface area (Å²) in [6.45, 7) is 0.304. The van der Waals surface area contributed by atoms with Crippen LogP contribution in [-0.2, 0) is 16.0 Å². The first-order chi connectivity index (χ1) is 11.4. The third kappa shape index (κ3) is 3.84. The summed E-state index contributed by atoms with van der Waals surface area (Å²) in [6, 6.07) is 7.20. The van der Waals surface area contributed by atoms with Crippen molar-refractivity contribution in [3.8, 4) is 5.75 Å². The maximum absolute atomic E-state index is 12.9. The maximum atomic E-state index is 12.9. The zero-order valence-electron chi connectivity index (χ0n) is 13.4. The molecule has 0 aromatic heterocycles. The summed E-state index contributed by atoms with van der Waals surface area (Å²) in [7, 11) is 1.59. The third-order valence-electron chi connectivity index (χ3n) is 4.62. The quantitative estimate of drug-likeness (QED) is 0.768. The molecule has 1 saturated carbocycles. The molecule has 1 aromatic rings. The molecule has 2 N–H and O–H groups in total. The Labute approximate surface area is 138 Å². The van der Waals surface area contributed by atoms with Crippen LogP contribution in [0.15, 0.2) is 24.3 Å². The number of aliphatic hydroxyl groups excluding tert-OH is 1. The van der Waals surface area contributed by atoms with Crippen molar-refractivity contribution in [3.05, 3.63) is 29.8 Å². The fourth-order valence-electron chi connectivity index (χ4n) is 3.03. The molecule has 5 nitrogen and oxygen atoms in total. The van der Waals surface area contributed by atoms with Gasteiger partial charge in [-0.3, -0.25) is 4.79 Å². The number of carbonyl (C=O) groups excluding carboxylic acids is 1. The normalized spacial score (nSPS) is 30.8. The second kappa shape index (κ2) is 6.64. The molecule has 1 heterocycles. The summed E-state index contributed by atoms with van der Waals surface area (Å²) in [5, 5.41) is 13.1. The number of aliphatic hydroxyl groups is 1. The van der Waals surface area contributed by atoms with E-state index in [4.69, 9.17) is 9.47 Å². The van der Waals surface area contributed by atoms with Crippen molar-refractivity contribution < 1.29 is 28.2 Å². The molecular weight excluding hydrogens is 320 g/mol. The number of alkyl halides is 2. The number of halogens is 2. The van der Waals surface area contributed by atoms with Crippen LogP contribution in [0.5, 0.6) is 5.75 Å². The van der Waals surface area contributed by atoms with Gasteiger partial charge in [-0.15, -0.1) is 0 Å². The van der Waals surface area contributed by atoms with Crippen LogP contribution >= 0.6 is 0 Å². The summed E-state index contributed by atoms with van der Waals surface area (Å²) in [5.74, 6) is -3.60. The van der Waals surface area contributed by atoms with E-state index in [1.165, 1.54) is 0 Å². The summed E-state index contributed by atoms with van der Waals surface area (Å²) in [5.41, 5.74) is 0.997. The van der Waals surface area contributed by atoms with E-state index in [0.717, 1.165) is 11.3 Å². The standard InChI is InChI=1S/C17H21F2NO4/c1-23-12-4-2-10(3-5-12)6-13-16(14(21)9-20-13)24-15(22)7-11-8-17(11,18)19/h2-5,11,13-14,16,20-21H,6-9H2,1H3. The van der Waals surface area contributed by atoms with Gasteiger partial charge in [0.2, 0.25) is 0 Å². The molecular formula is C17H21F2NO4. The van der Waals surface area contributed by atoms with E-state index in [0.29, 0.717) is 13.0 Å². The molecule has 4 unspecified atom stereocenters.